The van der Waals surface area contributed by atoms with E-state index in [1.165, 1.54) is 103 Å². The van der Waals surface area contributed by atoms with Gasteiger partial charge in [0.2, 0.25) is 0 Å². The first kappa shape index (κ1) is 32.7. The van der Waals surface area contributed by atoms with E-state index in [9.17, 15) is 0 Å². The molecule has 4 N–H and O–H groups in total. The molecule has 0 aliphatic carbocycles. The molecule has 4 heterocycles. The minimum absolute atomic E-state index is 0.200. The van der Waals surface area contributed by atoms with Gasteiger partial charge in [0.1, 0.15) is 0 Å². The molecule has 4 fully saturated rings. The zero-order valence-electron chi connectivity index (χ0n) is 28.1. The van der Waals surface area contributed by atoms with Gasteiger partial charge in [-0.05, 0) is 125 Å². The molecule has 0 spiro atoms. The summed E-state index contributed by atoms with van der Waals surface area (Å²) < 4.78 is 0. The van der Waals surface area contributed by atoms with Crippen LogP contribution in [0.1, 0.15) is 152 Å². The third-order valence-corrected chi connectivity index (χ3v) is 10.4. The van der Waals surface area contributed by atoms with Gasteiger partial charge in [-0.3, -0.25) is 0 Å². The molecule has 6 heteroatoms. The molecule has 2 atom stereocenters. The molecule has 4 rings (SSSR count). The summed E-state index contributed by atoms with van der Waals surface area (Å²) in [6.07, 6.45) is 18.5. The fourth-order valence-corrected chi connectivity index (χ4v) is 9.72. The lowest BCUT2D eigenvalue weighted by molar-refractivity contribution is -0.0467. The third-order valence-electron chi connectivity index (χ3n) is 10.4. The lowest BCUT2D eigenvalue weighted by Gasteiger charge is -2.53. The van der Waals surface area contributed by atoms with Gasteiger partial charge in [0.05, 0.1) is 6.17 Å². The molecule has 0 aromatic rings. The summed E-state index contributed by atoms with van der Waals surface area (Å²) in [5, 5.41) is 13.3. The van der Waals surface area contributed by atoms with Crippen molar-refractivity contribution >= 4 is 0 Å². The fraction of sp³-hybridized carbons (Fsp3) is 1.00. The maximum Gasteiger partial charge on any atom is 0.0836 e. The number of nitrogens with zero attached hydrogens (tertiary/aromatic N) is 2. The first-order chi connectivity index (χ1) is 18.7. The van der Waals surface area contributed by atoms with E-state index < -0.39 is 0 Å². The number of unbranched alkanes of at least 4 members (excludes halogenated alkanes) is 2. The highest BCUT2D eigenvalue weighted by molar-refractivity contribution is 5.02. The van der Waals surface area contributed by atoms with Crippen LogP contribution in [0.3, 0.4) is 0 Å². The Morgan fingerprint density at radius 3 is 1.40 bits per heavy atom. The summed E-state index contributed by atoms with van der Waals surface area (Å²) >= 11 is 0. The van der Waals surface area contributed by atoms with Crippen molar-refractivity contribution in [2.75, 3.05) is 13.1 Å². The van der Waals surface area contributed by atoms with Crippen LogP contribution in [0.25, 0.3) is 0 Å². The molecule has 4 saturated heterocycles. The number of hydrogen-bond acceptors (Lipinski definition) is 6. The molecule has 0 aromatic carbocycles. The van der Waals surface area contributed by atoms with Crippen molar-refractivity contribution < 1.29 is 0 Å². The molecular weight excluding hydrogens is 492 g/mol. The van der Waals surface area contributed by atoms with E-state index in [0.717, 1.165) is 11.8 Å². The second-order valence-corrected chi connectivity index (χ2v) is 16.9. The van der Waals surface area contributed by atoms with Gasteiger partial charge in [-0.1, -0.05) is 39.0 Å². The predicted molar refractivity (Wildman–Crippen MR) is 171 cm³/mol. The average molecular weight is 561 g/mol. The second-order valence-electron chi connectivity index (χ2n) is 16.9. The molecule has 0 aromatic heterocycles. The number of rotatable bonds is 10. The van der Waals surface area contributed by atoms with Crippen LogP contribution in [-0.4, -0.2) is 63.5 Å². The quantitative estimate of drug-likeness (QED) is 0.176. The van der Waals surface area contributed by atoms with Gasteiger partial charge in [-0.25, -0.2) is 20.9 Å². The van der Waals surface area contributed by atoms with Gasteiger partial charge < -0.3 is 10.6 Å². The summed E-state index contributed by atoms with van der Waals surface area (Å²) in [4.78, 5) is 0. The van der Waals surface area contributed by atoms with Crippen LogP contribution < -0.4 is 21.5 Å². The van der Waals surface area contributed by atoms with Crippen molar-refractivity contribution in [2.24, 2.45) is 11.8 Å². The zero-order valence-corrected chi connectivity index (χ0v) is 28.1. The molecule has 40 heavy (non-hydrogen) atoms. The smallest absolute Gasteiger partial charge is 0.0836 e. The van der Waals surface area contributed by atoms with Crippen molar-refractivity contribution in [3.05, 3.63) is 0 Å². The molecular formula is C34H68N6. The highest BCUT2D eigenvalue weighted by Gasteiger charge is 2.45. The van der Waals surface area contributed by atoms with Crippen LogP contribution in [0, 0.1) is 11.8 Å². The Bertz CT molecular complexity index is 699. The van der Waals surface area contributed by atoms with Crippen LogP contribution >= 0.6 is 0 Å². The molecule has 4 aliphatic heterocycles. The Kier molecular flexibility index (Phi) is 10.8. The molecule has 2 unspecified atom stereocenters. The minimum atomic E-state index is 0.200. The summed E-state index contributed by atoms with van der Waals surface area (Å²) in [6.45, 7) is 24.0. The van der Waals surface area contributed by atoms with Crippen LogP contribution in [0.5, 0.6) is 0 Å². The van der Waals surface area contributed by atoms with Crippen LogP contribution in [-0.2, 0) is 0 Å². The van der Waals surface area contributed by atoms with Crippen LogP contribution in [0.15, 0.2) is 0 Å². The highest BCUT2D eigenvalue weighted by Crippen LogP contribution is 2.40. The van der Waals surface area contributed by atoms with Gasteiger partial charge >= 0.3 is 0 Å². The monoisotopic (exact) mass is 561 g/mol. The Morgan fingerprint density at radius 1 is 0.625 bits per heavy atom. The lowest BCUT2D eigenvalue weighted by Crippen LogP contribution is -2.67. The summed E-state index contributed by atoms with van der Waals surface area (Å²) in [5.74, 6) is 1.47. The Balaban J connectivity index is 1.48. The Labute approximate surface area is 248 Å². The molecule has 0 saturated carbocycles. The molecule has 0 radical (unpaired) electrons. The van der Waals surface area contributed by atoms with Crippen molar-refractivity contribution in [3.8, 4) is 0 Å². The number of piperidine rings is 4. The minimum Gasteiger partial charge on any atom is -0.307 e. The number of nitrogens with one attached hydrogen (secondary N) is 4. The highest BCUT2D eigenvalue weighted by atomic mass is 15.6. The SMILES string of the molecule is CCCCCC(NN1CCCCC1C1CC(C)(C)NC(C)(C)C1)NN1CCCCC1C1CC(C)(C)NC(C)(C)C1. The van der Waals surface area contributed by atoms with E-state index in [0.29, 0.717) is 18.2 Å². The lowest BCUT2D eigenvalue weighted by atomic mass is 9.71. The van der Waals surface area contributed by atoms with E-state index >= 15 is 0 Å². The maximum absolute atomic E-state index is 4.17. The summed E-state index contributed by atoms with van der Waals surface area (Å²) in [5.41, 5.74) is 9.14. The van der Waals surface area contributed by atoms with Crippen molar-refractivity contribution in [2.45, 2.75) is 193 Å². The number of hydrogen-bond donors (Lipinski definition) is 4. The molecule has 4 aliphatic rings. The van der Waals surface area contributed by atoms with Crippen molar-refractivity contribution in [3.63, 3.8) is 0 Å². The summed E-state index contributed by atoms with van der Waals surface area (Å²) in [7, 11) is 0. The van der Waals surface area contributed by atoms with Gasteiger partial charge in [0.15, 0.2) is 0 Å². The van der Waals surface area contributed by atoms with Gasteiger partial charge in [-0.2, -0.15) is 0 Å². The van der Waals surface area contributed by atoms with E-state index in [2.05, 4.69) is 93.8 Å². The van der Waals surface area contributed by atoms with Crippen molar-refractivity contribution in [1.29, 1.82) is 0 Å². The molecule has 0 bridgehead atoms. The van der Waals surface area contributed by atoms with E-state index in [1.54, 1.807) is 0 Å². The average Bonchev–Trinajstić information content (AvgIpc) is 2.81. The normalized spacial score (nSPS) is 32.6. The first-order valence-electron chi connectivity index (χ1n) is 17.3. The number of hydrazine groups is 2. The maximum atomic E-state index is 4.17. The fourth-order valence-electron chi connectivity index (χ4n) is 9.72. The molecule has 0 amide bonds. The van der Waals surface area contributed by atoms with Crippen molar-refractivity contribution in [1.82, 2.24) is 31.5 Å². The van der Waals surface area contributed by atoms with Gasteiger partial charge in [-0.15, -0.1) is 0 Å². The van der Waals surface area contributed by atoms with E-state index in [1.807, 2.05) is 0 Å². The Morgan fingerprint density at radius 2 is 1.02 bits per heavy atom. The van der Waals surface area contributed by atoms with Gasteiger partial charge in [0, 0.05) is 47.3 Å². The standard InChI is InChI=1S/C34H68N6/c1-10-11-12-19-30(35-39-20-15-13-17-28(39)26-22-31(2,3)37-32(4,5)23-26)36-40-21-16-14-18-29(40)27-24-33(6,7)38-34(8,9)25-27/h26-30,35-38H,10-25H2,1-9H3. The first-order valence-corrected chi connectivity index (χ1v) is 17.3. The predicted octanol–water partition coefficient (Wildman–Crippen LogP) is 6.72. The Hall–Kier alpha value is -0.240. The van der Waals surface area contributed by atoms with Crippen LogP contribution in [0.4, 0.5) is 0 Å². The topological polar surface area (TPSA) is 54.6 Å². The zero-order chi connectivity index (χ0) is 29.2. The largest absolute Gasteiger partial charge is 0.307 e. The van der Waals surface area contributed by atoms with Crippen LogP contribution in [0.2, 0.25) is 0 Å². The second kappa shape index (κ2) is 13.2. The van der Waals surface area contributed by atoms with E-state index in [-0.39, 0.29) is 22.2 Å². The van der Waals surface area contributed by atoms with Gasteiger partial charge in [0.25, 0.3) is 0 Å². The summed E-state index contributed by atoms with van der Waals surface area (Å²) in [6, 6.07) is 1.26. The molecule has 234 valence electrons. The molecule has 6 nitrogen and oxygen atoms in total. The van der Waals surface area contributed by atoms with E-state index in [4.69, 9.17) is 0 Å². The third kappa shape index (κ3) is 9.13.